The van der Waals surface area contributed by atoms with Crippen molar-refractivity contribution in [3.63, 3.8) is 0 Å². The Kier molecular flexibility index (Phi) is 7.02. The summed E-state index contributed by atoms with van der Waals surface area (Å²) in [5, 5.41) is 5.45. The number of carbonyl (C=O) groups is 3. The third-order valence-electron chi connectivity index (χ3n) is 6.31. The van der Waals surface area contributed by atoms with Crippen LogP contribution in [0.25, 0.3) is 0 Å². The minimum absolute atomic E-state index is 0.0748. The Morgan fingerprint density at radius 3 is 2.62 bits per heavy atom. The first kappa shape index (κ1) is 23.6. The van der Waals surface area contributed by atoms with Crippen molar-refractivity contribution in [2.24, 2.45) is 0 Å². The van der Waals surface area contributed by atoms with Gasteiger partial charge in [-0.3, -0.25) is 14.4 Å². The molecule has 2 aromatic carbocycles. The Morgan fingerprint density at radius 2 is 1.91 bits per heavy atom. The highest BCUT2D eigenvalue weighted by Gasteiger charge is 2.39. The largest absolute Gasteiger partial charge is 0.497 e. The Bertz CT molecular complexity index is 1070. The van der Waals surface area contributed by atoms with E-state index >= 15 is 0 Å². The smallest absolute Gasteiger partial charge is 0.257 e. The topological polar surface area (TPSA) is 106 Å². The molecular weight excluding hydrogens is 438 g/mol. The molecule has 0 aromatic heterocycles. The van der Waals surface area contributed by atoms with E-state index in [9.17, 15) is 14.4 Å². The average Bonchev–Trinajstić information content (AvgIpc) is 2.86. The lowest BCUT2D eigenvalue weighted by Gasteiger charge is -2.42. The average molecular weight is 468 g/mol. The van der Waals surface area contributed by atoms with E-state index in [1.165, 1.54) is 0 Å². The lowest BCUT2D eigenvalue weighted by atomic mass is 9.94. The summed E-state index contributed by atoms with van der Waals surface area (Å²) in [5.74, 6) is 0.508. The van der Waals surface area contributed by atoms with E-state index in [1.807, 2.05) is 0 Å². The summed E-state index contributed by atoms with van der Waals surface area (Å²) in [6, 6.07) is 11.6. The molecule has 1 saturated heterocycles. The van der Waals surface area contributed by atoms with Crippen molar-refractivity contribution < 1.29 is 28.6 Å². The van der Waals surface area contributed by atoms with Crippen molar-refractivity contribution in [3.05, 3.63) is 53.6 Å². The summed E-state index contributed by atoms with van der Waals surface area (Å²) in [5.41, 5.74) is 1.34. The molecule has 1 fully saturated rings. The molecule has 180 valence electrons. The van der Waals surface area contributed by atoms with Gasteiger partial charge in [0, 0.05) is 25.3 Å². The normalized spacial score (nSPS) is 21.8. The van der Waals surface area contributed by atoms with Crippen LogP contribution < -0.4 is 20.1 Å². The Morgan fingerprint density at radius 1 is 1.15 bits per heavy atom. The highest BCUT2D eigenvalue weighted by molar-refractivity contribution is 6.05. The number of amides is 3. The monoisotopic (exact) mass is 467 g/mol. The number of methoxy groups -OCH3 is 1. The maximum atomic E-state index is 13.3. The van der Waals surface area contributed by atoms with Gasteiger partial charge in [-0.15, -0.1) is 0 Å². The summed E-state index contributed by atoms with van der Waals surface area (Å²) >= 11 is 0. The summed E-state index contributed by atoms with van der Waals surface area (Å²) in [6.07, 6.45) is 1.13. The van der Waals surface area contributed by atoms with E-state index < -0.39 is 0 Å². The molecule has 2 N–H and O–H groups in total. The highest BCUT2D eigenvalue weighted by Crippen LogP contribution is 2.32. The summed E-state index contributed by atoms with van der Waals surface area (Å²) in [4.78, 5) is 39.4. The van der Waals surface area contributed by atoms with Gasteiger partial charge in [0.15, 0.2) is 0 Å². The molecule has 0 spiro atoms. The van der Waals surface area contributed by atoms with Crippen molar-refractivity contribution in [1.82, 2.24) is 10.2 Å². The molecule has 0 unspecified atom stereocenters. The number of carbonyl (C=O) groups excluding carboxylic acids is 3. The van der Waals surface area contributed by atoms with Crippen LogP contribution in [-0.2, 0) is 9.53 Å². The van der Waals surface area contributed by atoms with Crippen molar-refractivity contribution >= 4 is 23.4 Å². The van der Waals surface area contributed by atoms with Crippen LogP contribution in [0.1, 0.15) is 40.0 Å². The van der Waals surface area contributed by atoms with Gasteiger partial charge in [-0.2, -0.15) is 0 Å². The molecule has 2 aliphatic heterocycles. The zero-order valence-electron chi connectivity index (χ0n) is 19.5. The van der Waals surface area contributed by atoms with Gasteiger partial charge in [-0.05, 0) is 55.3 Å². The van der Waals surface area contributed by atoms with Crippen LogP contribution in [0.3, 0.4) is 0 Å². The maximum Gasteiger partial charge on any atom is 0.257 e. The van der Waals surface area contributed by atoms with Gasteiger partial charge in [-0.1, -0.05) is 0 Å². The molecular formula is C25H29N3O6. The van der Waals surface area contributed by atoms with E-state index in [0.717, 1.165) is 0 Å². The molecule has 3 amide bonds. The van der Waals surface area contributed by atoms with Crippen LogP contribution >= 0.6 is 0 Å². The number of rotatable bonds is 5. The lowest BCUT2D eigenvalue weighted by molar-refractivity contribution is -0.133. The highest BCUT2D eigenvalue weighted by atomic mass is 16.5. The van der Waals surface area contributed by atoms with Gasteiger partial charge < -0.3 is 29.7 Å². The summed E-state index contributed by atoms with van der Waals surface area (Å²) < 4.78 is 17.2. The molecule has 34 heavy (non-hydrogen) atoms. The molecule has 0 saturated carbocycles. The quantitative estimate of drug-likeness (QED) is 0.700. The number of benzene rings is 2. The molecule has 0 aliphatic carbocycles. The zero-order valence-corrected chi connectivity index (χ0v) is 19.5. The van der Waals surface area contributed by atoms with E-state index in [1.54, 1.807) is 68.6 Å². The number of fused-ring (bicyclic) bond motifs is 2. The first-order valence-electron chi connectivity index (χ1n) is 11.2. The lowest BCUT2D eigenvalue weighted by Crippen LogP contribution is -2.53. The Labute approximate surface area is 198 Å². The van der Waals surface area contributed by atoms with Crippen LogP contribution in [0.2, 0.25) is 0 Å². The Balaban J connectivity index is 1.50. The molecule has 2 heterocycles. The van der Waals surface area contributed by atoms with E-state index in [-0.39, 0.29) is 49.0 Å². The molecule has 9 nitrogen and oxygen atoms in total. The van der Waals surface area contributed by atoms with E-state index in [4.69, 9.17) is 14.2 Å². The number of likely N-dealkylation sites (N-methyl/N-ethyl adjacent to an activating group) is 1. The summed E-state index contributed by atoms with van der Waals surface area (Å²) in [7, 11) is 4.91. The van der Waals surface area contributed by atoms with Gasteiger partial charge in [0.25, 0.3) is 11.8 Å². The SMILES string of the molecule is CNC(=O)C[C@H]1CC[C@@H]2[C@H](COc3ccc(NC(=O)c4ccc(OC)cc4)cc3C(=O)N2C)O1. The molecule has 4 rings (SSSR count). The van der Waals surface area contributed by atoms with Crippen LogP contribution in [-0.4, -0.2) is 68.7 Å². The van der Waals surface area contributed by atoms with Gasteiger partial charge in [-0.25, -0.2) is 0 Å². The second-order valence-electron chi connectivity index (χ2n) is 8.44. The molecule has 2 aromatic rings. The van der Waals surface area contributed by atoms with Crippen LogP contribution in [0.15, 0.2) is 42.5 Å². The van der Waals surface area contributed by atoms with Crippen LogP contribution in [0.5, 0.6) is 11.5 Å². The predicted octanol–water partition coefficient (Wildman–Crippen LogP) is 2.46. The molecule has 2 aliphatic rings. The number of nitrogens with zero attached hydrogens (tertiary/aromatic N) is 1. The fourth-order valence-corrected chi connectivity index (χ4v) is 4.36. The van der Waals surface area contributed by atoms with Gasteiger partial charge >= 0.3 is 0 Å². The second-order valence-corrected chi connectivity index (χ2v) is 8.44. The standard InChI is InChI=1S/C25H29N3O6/c1-26-23(29)13-18-9-10-20-22(34-18)14-33-21-11-6-16(12-19(21)25(31)28(20)2)27-24(30)15-4-7-17(32-3)8-5-15/h4-8,11-12,18,20,22H,9-10,13-14H2,1-3H3,(H,26,29)(H,27,30)/t18-,20-,22+/m1/s1. The third-order valence-corrected chi connectivity index (χ3v) is 6.31. The fraction of sp³-hybridized carbons (Fsp3) is 0.400. The first-order valence-corrected chi connectivity index (χ1v) is 11.2. The van der Waals surface area contributed by atoms with Crippen molar-refractivity contribution in [1.29, 1.82) is 0 Å². The van der Waals surface area contributed by atoms with Crippen LogP contribution in [0, 0.1) is 0 Å². The molecule has 0 radical (unpaired) electrons. The zero-order chi connectivity index (χ0) is 24.2. The number of hydrogen-bond donors (Lipinski definition) is 2. The molecule has 0 bridgehead atoms. The first-order chi connectivity index (χ1) is 16.4. The van der Waals surface area contributed by atoms with E-state index in [2.05, 4.69) is 10.6 Å². The Hall–Kier alpha value is -3.59. The van der Waals surface area contributed by atoms with Crippen molar-refractivity contribution in [3.8, 4) is 11.5 Å². The van der Waals surface area contributed by atoms with Gasteiger partial charge in [0.05, 0.1) is 31.2 Å². The number of ether oxygens (including phenoxy) is 3. The van der Waals surface area contributed by atoms with Gasteiger partial charge in [0.1, 0.15) is 24.2 Å². The minimum atomic E-state index is -0.333. The van der Waals surface area contributed by atoms with Crippen molar-refractivity contribution in [2.45, 2.75) is 37.5 Å². The van der Waals surface area contributed by atoms with Crippen LogP contribution in [0.4, 0.5) is 5.69 Å². The predicted molar refractivity (Wildman–Crippen MR) is 125 cm³/mol. The minimum Gasteiger partial charge on any atom is -0.497 e. The molecule has 3 atom stereocenters. The maximum absolute atomic E-state index is 13.3. The second kappa shape index (κ2) is 10.1. The number of nitrogens with one attached hydrogen (secondary N) is 2. The number of anilines is 1. The summed E-state index contributed by atoms with van der Waals surface area (Å²) in [6.45, 7) is 0.261. The number of hydrogen-bond acceptors (Lipinski definition) is 6. The van der Waals surface area contributed by atoms with E-state index in [0.29, 0.717) is 41.2 Å². The molecule has 9 heteroatoms. The third kappa shape index (κ3) is 4.99. The fourth-order valence-electron chi connectivity index (χ4n) is 4.36. The van der Waals surface area contributed by atoms with Gasteiger partial charge in [0.2, 0.25) is 5.91 Å². The van der Waals surface area contributed by atoms with Crippen molar-refractivity contribution in [2.75, 3.05) is 33.1 Å².